The molecule has 1 atom stereocenters. The molecule has 0 saturated carbocycles. The van der Waals surface area contributed by atoms with Crippen molar-refractivity contribution < 1.29 is 9.76 Å². The van der Waals surface area contributed by atoms with Crippen molar-refractivity contribution in [3.05, 3.63) is 29.3 Å². The molecule has 1 N–H and O–H groups in total. The van der Waals surface area contributed by atoms with E-state index in [2.05, 4.69) is 0 Å². The summed E-state index contributed by atoms with van der Waals surface area (Å²) in [6.07, 6.45) is -0.704. The Labute approximate surface area is 66.1 Å². The fraction of sp³-hybridized carbons (Fsp3) is 0.250. The Morgan fingerprint density at radius 2 is 2.36 bits per heavy atom. The zero-order chi connectivity index (χ0) is 7.84. The highest BCUT2D eigenvalue weighted by Crippen LogP contribution is 2.18. The molecule has 1 aromatic rings. The summed E-state index contributed by atoms with van der Waals surface area (Å²) in [5.41, 5.74) is 3.25. The second kappa shape index (κ2) is 2.36. The van der Waals surface area contributed by atoms with Crippen molar-refractivity contribution in [1.82, 2.24) is 0 Å². The van der Waals surface area contributed by atoms with Crippen molar-refractivity contribution in [3.63, 3.8) is 0 Å². The largest absolute Gasteiger partial charge is 0.408 e. The van der Waals surface area contributed by atoms with E-state index >= 15 is 0 Å². The number of aryl methyl sites for hydroxylation is 1. The Balaban J connectivity index is 2.57. The van der Waals surface area contributed by atoms with Crippen LogP contribution in [0.5, 0.6) is 0 Å². The molecule has 0 spiro atoms. The van der Waals surface area contributed by atoms with Gasteiger partial charge in [-0.25, -0.2) is 0 Å². The molecule has 0 aliphatic carbocycles. The van der Waals surface area contributed by atoms with E-state index in [0.29, 0.717) is 7.48 Å². The normalized spacial score (nSPS) is 21.1. The molecule has 1 unspecified atom stereocenters. The van der Waals surface area contributed by atoms with E-state index in [9.17, 15) is 5.11 Å². The van der Waals surface area contributed by atoms with Crippen LogP contribution < -0.4 is 5.46 Å². The molecule has 3 heteroatoms. The molecule has 0 amide bonds. The van der Waals surface area contributed by atoms with Crippen molar-refractivity contribution in [3.8, 4) is 0 Å². The average molecular weight is 148 g/mol. The fourth-order valence-corrected chi connectivity index (χ4v) is 1.41. The molecule has 11 heavy (non-hydrogen) atoms. The van der Waals surface area contributed by atoms with Gasteiger partial charge in [0, 0.05) is 5.56 Å². The molecule has 2 nitrogen and oxygen atoms in total. The van der Waals surface area contributed by atoms with E-state index in [-0.39, 0.29) is 0 Å². The van der Waals surface area contributed by atoms with Gasteiger partial charge in [0.2, 0.25) is 0 Å². The van der Waals surface area contributed by atoms with Crippen LogP contribution in [0.3, 0.4) is 0 Å². The van der Waals surface area contributed by atoms with Gasteiger partial charge in [0.05, 0.1) is 0 Å². The topological polar surface area (TPSA) is 29.5 Å². The lowest BCUT2D eigenvalue weighted by Crippen LogP contribution is -2.14. The van der Waals surface area contributed by atoms with Gasteiger partial charge in [-0.15, -0.1) is 0 Å². The van der Waals surface area contributed by atoms with E-state index in [4.69, 9.17) is 4.65 Å². The van der Waals surface area contributed by atoms with Crippen LogP contribution in [0.4, 0.5) is 0 Å². The lowest BCUT2D eigenvalue weighted by molar-refractivity contribution is -0.00794. The minimum atomic E-state index is -0.704. The third kappa shape index (κ3) is 0.969. The third-order valence-corrected chi connectivity index (χ3v) is 2.10. The summed E-state index contributed by atoms with van der Waals surface area (Å²) in [5.74, 6) is 0. The van der Waals surface area contributed by atoms with Crippen LogP contribution in [0, 0.1) is 6.92 Å². The first-order valence-corrected chi connectivity index (χ1v) is 3.67. The highest BCUT2D eigenvalue weighted by molar-refractivity contribution is 6.49. The lowest BCUT2D eigenvalue weighted by Gasteiger charge is -2.03. The quantitative estimate of drug-likeness (QED) is 0.524. The molecule has 2 rings (SSSR count). The molecular formula is C8H9BO2. The van der Waals surface area contributed by atoms with Gasteiger partial charge in [-0.2, -0.15) is 0 Å². The van der Waals surface area contributed by atoms with Crippen molar-refractivity contribution >= 4 is 12.9 Å². The van der Waals surface area contributed by atoms with Gasteiger partial charge in [-0.05, 0) is 12.4 Å². The maximum atomic E-state index is 9.28. The first-order chi connectivity index (χ1) is 5.29. The van der Waals surface area contributed by atoms with Gasteiger partial charge >= 0.3 is 7.48 Å². The number of aliphatic hydroxyl groups excluding tert-OH is 1. The van der Waals surface area contributed by atoms with Gasteiger partial charge in [-0.1, -0.05) is 23.8 Å². The van der Waals surface area contributed by atoms with E-state index in [0.717, 1.165) is 11.0 Å². The Kier molecular flexibility index (Phi) is 1.48. The number of hydrogen-bond acceptors (Lipinski definition) is 2. The van der Waals surface area contributed by atoms with Crippen molar-refractivity contribution in [1.29, 1.82) is 0 Å². The van der Waals surface area contributed by atoms with Crippen LogP contribution in [0.25, 0.3) is 0 Å². The molecule has 0 radical (unpaired) electrons. The first kappa shape index (κ1) is 6.89. The van der Waals surface area contributed by atoms with E-state index in [1.165, 1.54) is 5.56 Å². The first-order valence-electron chi connectivity index (χ1n) is 3.67. The van der Waals surface area contributed by atoms with Crippen LogP contribution >= 0.6 is 0 Å². The van der Waals surface area contributed by atoms with Gasteiger partial charge in [-0.3, -0.25) is 0 Å². The van der Waals surface area contributed by atoms with Crippen molar-refractivity contribution in [2.24, 2.45) is 0 Å². The molecule has 0 bridgehead atoms. The van der Waals surface area contributed by atoms with E-state index < -0.39 is 6.29 Å². The highest BCUT2D eigenvalue weighted by Gasteiger charge is 2.22. The van der Waals surface area contributed by atoms with Crippen LogP contribution in [0.2, 0.25) is 0 Å². The Morgan fingerprint density at radius 1 is 1.55 bits per heavy atom. The van der Waals surface area contributed by atoms with Crippen LogP contribution in [0.15, 0.2) is 18.2 Å². The monoisotopic (exact) mass is 148 g/mol. The third-order valence-electron chi connectivity index (χ3n) is 2.10. The van der Waals surface area contributed by atoms with Gasteiger partial charge < -0.3 is 9.76 Å². The van der Waals surface area contributed by atoms with Crippen molar-refractivity contribution in [2.45, 2.75) is 13.2 Å². The summed E-state index contributed by atoms with van der Waals surface area (Å²) in [5, 5.41) is 9.28. The SMILES string of the molecule is Cc1cccc2c1BOC2O. The summed E-state index contributed by atoms with van der Waals surface area (Å²) < 4.78 is 5.06. The Bertz CT molecular complexity index is 285. The number of fused-ring (bicyclic) bond motifs is 1. The molecule has 0 aromatic heterocycles. The van der Waals surface area contributed by atoms with Crippen LogP contribution in [-0.2, 0) is 4.65 Å². The summed E-state index contributed by atoms with van der Waals surface area (Å²) >= 11 is 0. The summed E-state index contributed by atoms with van der Waals surface area (Å²) in [6.45, 7) is 2.03. The zero-order valence-corrected chi connectivity index (χ0v) is 6.37. The highest BCUT2D eigenvalue weighted by atomic mass is 16.6. The second-order valence-electron chi connectivity index (χ2n) is 2.81. The molecule has 0 fully saturated rings. The summed E-state index contributed by atoms with van der Waals surface area (Å²) in [4.78, 5) is 0. The number of hydrogen-bond donors (Lipinski definition) is 1. The smallest absolute Gasteiger partial charge is 0.313 e. The number of aliphatic hydroxyl groups is 1. The predicted octanol–water partition coefficient (Wildman–Crippen LogP) is -0.00708. The molecule has 1 aliphatic heterocycles. The maximum Gasteiger partial charge on any atom is 0.313 e. The standard InChI is InChI=1S/C8H9BO2/c1-5-3-2-4-6-7(5)9-11-8(6)10/h2-4,8-10H,1H3. The van der Waals surface area contributed by atoms with Crippen LogP contribution in [-0.4, -0.2) is 12.6 Å². The molecule has 0 saturated heterocycles. The van der Waals surface area contributed by atoms with Crippen LogP contribution in [0.1, 0.15) is 17.4 Å². The lowest BCUT2D eigenvalue weighted by atomic mass is 9.83. The van der Waals surface area contributed by atoms with Crippen molar-refractivity contribution in [2.75, 3.05) is 0 Å². The number of benzene rings is 1. The van der Waals surface area contributed by atoms with E-state index in [1.807, 2.05) is 25.1 Å². The second-order valence-corrected chi connectivity index (χ2v) is 2.81. The van der Waals surface area contributed by atoms with Gasteiger partial charge in [0.15, 0.2) is 6.29 Å². The molecule has 1 heterocycles. The maximum absolute atomic E-state index is 9.28. The van der Waals surface area contributed by atoms with Gasteiger partial charge in [0.25, 0.3) is 0 Å². The minimum Gasteiger partial charge on any atom is -0.408 e. The summed E-state index contributed by atoms with van der Waals surface area (Å²) in [6, 6.07) is 5.87. The number of rotatable bonds is 0. The summed E-state index contributed by atoms with van der Waals surface area (Å²) in [7, 11) is 0.545. The Hall–Kier alpha value is -0.795. The van der Waals surface area contributed by atoms with Gasteiger partial charge in [0.1, 0.15) is 0 Å². The predicted molar refractivity (Wildman–Crippen MR) is 44.0 cm³/mol. The molecule has 1 aromatic carbocycles. The molecule has 56 valence electrons. The fourth-order valence-electron chi connectivity index (χ4n) is 1.41. The average Bonchev–Trinajstić information content (AvgIpc) is 2.35. The zero-order valence-electron chi connectivity index (χ0n) is 6.37. The molecular weight excluding hydrogens is 139 g/mol. The Morgan fingerprint density at radius 3 is 3.09 bits per heavy atom. The molecule has 1 aliphatic rings. The minimum absolute atomic E-state index is 0.545. The van der Waals surface area contributed by atoms with E-state index in [1.54, 1.807) is 0 Å².